The monoisotopic (exact) mass is 269 g/mol. The third-order valence-electron chi connectivity index (χ3n) is 3.24. The molecule has 0 saturated carbocycles. The molecule has 0 radical (unpaired) electrons. The summed E-state index contributed by atoms with van der Waals surface area (Å²) in [7, 11) is 3.92. The van der Waals surface area contributed by atoms with Crippen molar-refractivity contribution in [1.82, 2.24) is 0 Å². The van der Waals surface area contributed by atoms with Crippen LogP contribution in [-0.4, -0.2) is 20.0 Å². The number of rotatable bonds is 3. The van der Waals surface area contributed by atoms with Crippen LogP contribution in [0, 0.1) is 6.92 Å². The van der Waals surface area contributed by atoms with Crippen molar-refractivity contribution in [2.45, 2.75) is 6.92 Å². The quantitative estimate of drug-likeness (QED) is 0.842. The van der Waals surface area contributed by atoms with E-state index >= 15 is 0 Å². The summed E-state index contributed by atoms with van der Waals surface area (Å²) in [6, 6.07) is 13.0. The molecule has 0 heterocycles. The van der Waals surface area contributed by atoms with Crippen LogP contribution in [0.1, 0.15) is 15.9 Å². The molecule has 2 aromatic carbocycles. The molecule has 0 spiro atoms. The fourth-order valence-corrected chi connectivity index (χ4v) is 1.96. The highest BCUT2D eigenvalue weighted by Crippen LogP contribution is 2.20. The molecule has 0 saturated heterocycles. The zero-order chi connectivity index (χ0) is 14.7. The Bertz CT molecular complexity index is 635. The van der Waals surface area contributed by atoms with Gasteiger partial charge in [0.15, 0.2) is 0 Å². The van der Waals surface area contributed by atoms with Crippen molar-refractivity contribution in [2.75, 3.05) is 30.0 Å². The average molecular weight is 269 g/mol. The van der Waals surface area contributed by atoms with Gasteiger partial charge in [0.25, 0.3) is 5.91 Å². The Morgan fingerprint density at radius 1 is 1.15 bits per heavy atom. The van der Waals surface area contributed by atoms with Crippen molar-refractivity contribution in [1.29, 1.82) is 0 Å². The van der Waals surface area contributed by atoms with E-state index in [0.29, 0.717) is 11.3 Å². The highest BCUT2D eigenvalue weighted by molar-refractivity contribution is 6.06. The Morgan fingerprint density at radius 3 is 2.55 bits per heavy atom. The molecule has 4 heteroatoms. The van der Waals surface area contributed by atoms with Crippen LogP contribution in [0.4, 0.5) is 17.1 Å². The van der Waals surface area contributed by atoms with Crippen LogP contribution in [0.25, 0.3) is 0 Å². The number of benzene rings is 2. The van der Waals surface area contributed by atoms with Gasteiger partial charge in [0, 0.05) is 36.7 Å². The van der Waals surface area contributed by atoms with E-state index in [-0.39, 0.29) is 5.91 Å². The molecule has 3 N–H and O–H groups in total. The van der Waals surface area contributed by atoms with Gasteiger partial charge in [-0.15, -0.1) is 0 Å². The minimum absolute atomic E-state index is 0.147. The molecule has 2 rings (SSSR count). The Labute approximate surface area is 119 Å². The molecule has 0 atom stereocenters. The Hall–Kier alpha value is -2.49. The van der Waals surface area contributed by atoms with Crippen LogP contribution < -0.4 is 16.0 Å². The molecule has 0 aromatic heterocycles. The lowest BCUT2D eigenvalue weighted by molar-refractivity contribution is 0.102. The van der Waals surface area contributed by atoms with E-state index in [1.54, 1.807) is 18.2 Å². The highest BCUT2D eigenvalue weighted by atomic mass is 16.1. The summed E-state index contributed by atoms with van der Waals surface area (Å²) in [4.78, 5) is 14.3. The first kappa shape index (κ1) is 13.9. The number of nitrogen functional groups attached to an aromatic ring is 1. The SMILES string of the molecule is Cc1c(N)cccc1C(=O)Nc1cccc(N(C)C)c1. The van der Waals surface area contributed by atoms with Crippen LogP contribution in [0.5, 0.6) is 0 Å². The second kappa shape index (κ2) is 5.65. The Balaban J connectivity index is 2.24. The number of nitrogens with zero attached hydrogens (tertiary/aromatic N) is 1. The zero-order valence-corrected chi connectivity index (χ0v) is 12.0. The van der Waals surface area contributed by atoms with E-state index in [4.69, 9.17) is 5.73 Å². The molecule has 0 fully saturated rings. The van der Waals surface area contributed by atoms with Gasteiger partial charge in [0.1, 0.15) is 0 Å². The molecule has 2 aromatic rings. The van der Waals surface area contributed by atoms with Crippen molar-refractivity contribution in [2.24, 2.45) is 0 Å². The summed E-state index contributed by atoms with van der Waals surface area (Å²) in [6.45, 7) is 1.85. The smallest absolute Gasteiger partial charge is 0.256 e. The lowest BCUT2D eigenvalue weighted by Gasteiger charge is -2.14. The van der Waals surface area contributed by atoms with Crippen molar-refractivity contribution < 1.29 is 4.79 Å². The maximum atomic E-state index is 12.3. The van der Waals surface area contributed by atoms with Crippen LogP contribution in [0.15, 0.2) is 42.5 Å². The van der Waals surface area contributed by atoms with Crippen LogP contribution in [-0.2, 0) is 0 Å². The Kier molecular flexibility index (Phi) is 3.94. The van der Waals surface area contributed by atoms with E-state index in [1.165, 1.54) is 0 Å². The summed E-state index contributed by atoms with van der Waals surface area (Å²) < 4.78 is 0. The summed E-state index contributed by atoms with van der Waals surface area (Å²) in [5, 5.41) is 2.90. The molecule has 1 amide bonds. The van der Waals surface area contributed by atoms with Gasteiger partial charge in [-0.1, -0.05) is 12.1 Å². The first-order chi connectivity index (χ1) is 9.49. The molecular weight excluding hydrogens is 250 g/mol. The fourth-order valence-electron chi connectivity index (χ4n) is 1.96. The highest BCUT2D eigenvalue weighted by Gasteiger charge is 2.11. The molecule has 0 unspecified atom stereocenters. The van der Waals surface area contributed by atoms with E-state index < -0.39 is 0 Å². The van der Waals surface area contributed by atoms with Gasteiger partial charge in [-0.05, 0) is 42.8 Å². The molecule has 0 aliphatic carbocycles. The third kappa shape index (κ3) is 2.91. The second-order valence-electron chi connectivity index (χ2n) is 4.92. The largest absolute Gasteiger partial charge is 0.398 e. The molecule has 0 bridgehead atoms. The van der Waals surface area contributed by atoms with Gasteiger partial charge in [0.2, 0.25) is 0 Å². The van der Waals surface area contributed by atoms with Gasteiger partial charge < -0.3 is 16.0 Å². The predicted octanol–water partition coefficient (Wildman–Crippen LogP) is 2.90. The summed E-state index contributed by atoms with van der Waals surface area (Å²) >= 11 is 0. The molecule has 4 nitrogen and oxygen atoms in total. The van der Waals surface area contributed by atoms with Crippen molar-refractivity contribution in [3.63, 3.8) is 0 Å². The number of amides is 1. The molecule has 104 valence electrons. The van der Waals surface area contributed by atoms with Crippen LogP contribution >= 0.6 is 0 Å². The van der Waals surface area contributed by atoms with Crippen LogP contribution in [0.2, 0.25) is 0 Å². The fraction of sp³-hybridized carbons (Fsp3) is 0.188. The van der Waals surface area contributed by atoms with Gasteiger partial charge in [0.05, 0.1) is 0 Å². The van der Waals surface area contributed by atoms with Gasteiger partial charge in [-0.25, -0.2) is 0 Å². The maximum Gasteiger partial charge on any atom is 0.256 e. The summed E-state index contributed by atoms with van der Waals surface area (Å²) in [6.07, 6.45) is 0. The zero-order valence-electron chi connectivity index (χ0n) is 12.0. The lowest BCUT2D eigenvalue weighted by atomic mass is 10.1. The van der Waals surface area contributed by atoms with Crippen molar-refractivity contribution in [3.8, 4) is 0 Å². The van der Waals surface area contributed by atoms with Gasteiger partial charge in [-0.3, -0.25) is 4.79 Å². The number of nitrogens with one attached hydrogen (secondary N) is 1. The van der Waals surface area contributed by atoms with Gasteiger partial charge in [-0.2, -0.15) is 0 Å². The normalized spacial score (nSPS) is 10.2. The standard InChI is InChI=1S/C16H19N3O/c1-11-14(8-5-9-15(11)17)16(20)18-12-6-4-7-13(10-12)19(2)3/h4-10H,17H2,1-3H3,(H,18,20). The van der Waals surface area contributed by atoms with Crippen LogP contribution in [0.3, 0.4) is 0 Å². The van der Waals surface area contributed by atoms with E-state index in [1.807, 2.05) is 50.2 Å². The Morgan fingerprint density at radius 2 is 1.85 bits per heavy atom. The second-order valence-corrected chi connectivity index (χ2v) is 4.92. The van der Waals surface area contributed by atoms with E-state index in [9.17, 15) is 4.79 Å². The number of hydrogen-bond donors (Lipinski definition) is 2. The topological polar surface area (TPSA) is 58.4 Å². The first-order valence-corrected chi connectivity index (χ1v) is 6.43. The van der Waals surface area contributed by atoms with Crippen molar-refractivity contribution in [3.05, 3.63) is 53.6 Å². The van der Waals surface area contributed by atoms with Crippen molar-refractivity contribution >= 4 is 23.0 Å². The molecular formula is C16H19N3O. The molecule has 0 aliphatic heterocycles. The number of nitrogens with two attached hydrogens (primary N) is 1. The van der Waals surface area contributed by atoms with E-state index in [0.717, 1.165) is 16.9 Å². The lowest BCUT2D eigenvalue weighted by Crippen LogP contribution is -2.15. The first-order valence-electron chi connectivity index (χ1n) is 6.43. The molecule has 20 heavy (non-hydrogen) atoms. The molecule has 0 aliphatic rings. The predicted molar refractivity (Wildman–Crippen MR) is 84.3 cm³/mol. The van der Waals surface area contributed by atoms with Gasteiger partial charge >= 0.3 is 0 Å². The number of carbonyl (C=O) groups is 1. The minimum atomic E-state index is -0.147. The van der Waals surface area contributed by atoms with E-state index in [2.05, 4.69) is 5.32 Å². The summed E-state index contributed by atoms with van der Waals surface area (Å²) in [5.74, 6) is -0.147. The minimum Gasteiger partial charge on any atom is -0.398 e. The third-order valence-corrected chi connectivity index (χ3v) is 3.24. The maximum absolute atomic E-state index is 12.3. The number of carbonyl (C=O) groups excluding carboxylic acids is 1. The number of hydrogen-bond acceptors (Lipinski definition) is 3. The summed E-state index contributed by atoms with van der Waals surface area (Å²) in [5.41, 5.74) is 9.65. The average Bonchev–Trinajstić information content (AvgIpc) is 2.42. The number of anilines is 3.